The highest BCUT2D eigenvalue weighted by Crippen LogP contribution is 2.17. The molecule has 0 heterocycles. The molecule has 0 saturated heterocycles. The Balaban J connectivity index is 3.33. The minimum absolute atomic E-state index is 0.170. The molecule has 0 saturated carbocycles. The average Bonchev–Trinajstić information content (AvgIpc) is 1.92. The third kappa shape index (κ3) is 1.75. The van der Waals surface area contributed by atoms with E-state index in [1.807, 2.05) is 0 Å². The summed E-state index contributed by atoms with van der Waals surface area (Å²) >= 11 is 0. The summed E-state index contributed by atoms with van der Waals surface area (Å²) in [6, 6.07) is 3.79. The zero-order valence-corrected chi connectivity index (χ0v) is 7.22. The van der Waals surface area contributed by atoms with Crippen LogP contribution in [0.15, 0.2) is 23.1 Å². The first-order valence-electron chi connectivity index (χ1n) is 3.21. The number of benzene rings is 1. The minimum atomic E-state index is -4.13. The first kappa shape index (κ1) is 9.02. The molecule has 5 heteroatoms. The molecule has 2 N–H and O–H groups in total. The fourth-order valence-electron chi connectivity index (χ4n) is 0.797. The lowest BCUT2D eigenvalue weighted by Gasteiger charge is -2.00. The third-order valence-electron chi connectivity index (χ3n) is 1.50. The van der Waals surface area contributed by atoms with Crippen LogP contribution in [0.2, 0.25) is 0 Å². The molecule has 4 nitrogen and oxygen atoms in total. The highest BCUT2D eigenvalue weighted by atomic mass is 32.2. The van der Waals surface area contributed by atoms with Crippen LogP contribution in [-0.2, 0) is 10.1 Å². The van der Waals surface area contributed by atoms with E-state index in [0.29, 0.717) is 5.56 Å². The Hall–Kier alpha value is -1.07. The predicted molar refractivity (Wildman–Crippen MR) is 43.8 cm³/mol. The van der Waals surface area contributed by atoms with Crippen LogP contribution in [0.5, 0.6) is 0 Å². The summed E-state index contributed by atoms with van der Waals surface area (Å²) in [5, 5.41) is 0. The highest BCUT2D eigenvalue weighted by molar-refractivity contribution is 7.85. The van der Waals surface area contributed by atoms with E-state index in [-0.39, 0.29) is 10.6 Å². The van der Waals surface area contributed by atoms with Crippen LogP contribution in [0.3, 0.4) is 0 Å². The van der Waals surface area contributed by atoms with Crippen molar-refractivity contribution in [1.29, 1.82) is 0 Å². The number of hydrogen-bond donors (Lipinski definition) is 1. The lowest BCUT2D eigenvalue weighted by molar-refractivity contribution is 0.483. The van der Waals surface area contributed by atoms with Crippen molar-refractivity contribution in [2.45, 2.75) is 11.8 Å². The van der Waals surface area contributed by atoms with Gasteiger partial charge in [0.25, 0.3) is 10.1 Å². The van der Waals surface area contributed by atoms with Gasteiger partial charge in [0, 0.05) is 0 Å². The van der Waals surface area contributed by atoms with Crippen LogP contribution >= 0.6 is 0 Å². The van der Waals surface area contributed by atoms with E-state index in [2.05, 4.69) is 0 Å². The number of hydrogen-bond acceptors (Lipinski definition) is 2. The lowest BCUT2D eigenvalue weighted by atomic mass is 10.2. The van der Waals surface area contributed by atoms with Gasteiger partial charge in [-0.3, -0.25) is 4.55 Å². The Labute approximate surface area is 70.8 Å². The monoisotopic (exact) mass is 186 g/mol. The maximum Gasteiger partial charge on any atom is 0.294 e. The van der Waals surface area contributed by atoms with Gasteiger partial charge in [-0.05, 0) is 30.7 Å². The molecule has 0 spiro atoms. The molecule has 1 aromatic carbocycles. The van der Waals surface area contributed by atoms with Gasteiger partial charge in [-0.15, -0.1) is 0 Å². The standard InChI is InChI=1S/C7H8NO3S/c1-5-4-6(12(9,10)11)2-3-7(5)8/h2-4,8H,1H3,(H,9,10,11). The van der Waals surface area contributed by atoms with E-state index in [0.717, 1.165) is 0 Å². The largest absolute Gasteiger partial charge is 0.301 e. The zero-order valence-electron chi connectivity index (χ0n) is 6.40. The summed E-state index contributed by atoms with van der Waals surface area (Å²) in [4.78, 5) is -0.170. The van der Waals surface area contributed by atoms with Gasteiger partial charge >= 0.3 is 0 Å². The number of aryl methyl sites for hydroxylation is 1. The molecule has 0 aliphatic heterocycles. The van der Waals surface area contributed by atoms with Gasteiger partial charge in [-0.2, -0.15) is 8.42 Å². The average molecular weight is 186 g/mol. The Morgan fingerprint density at radius 3 is 2.42 bits per heavy atom. The van der Waals surface area contributed by atoms with Crippen molar-refractivity contribution < 1.29 is 13.0 Å². The number of rotatable bonds is 1. The van der Waals surface area contributed by atoms with Crippen LogP contribution in [0.4, 0.5) is 5.69 Å². The van der Waals surface area contributed by atoms with Crippen molar-refractivity contribution in [2.75, 3.05) is 0 Å². The van der Waals surface area contributed by atoms with Crippen LogP contribution in [-0.4, -0.2) is 13.0 Å². The van der Waals surface area contributed by atoms with Crippen molar-refractivity contribution in [2.24, 2.45) is 0 Å². The molecule has 1 aromatic rings. The van der Waals surface area contributed by atoms with Gasteiger partial charge in [0.1, 0.15) is 0 Å². The summed E-state index contributed by atoms with van der Waals surface area (Å²) < 4.78 is 29.8. The van der Waals surface area contributed by atoms with Crippen molar-refractivity contribution in [3.8, 4) is 0 Å². The highest BCUT2D eigenvalue weighted by Gasteiger charge is 2.09. The topological polar surface area (TPSA) is 78.2 Å². The van der Waals surface area contributed by atoms with Gasteiger partial charge in [0.15, 0.2) is 0 Å². The van der Waals surface area contributed by atoms with E-state index in [4.69, 9.17) is 10.3 Å². The van der Waals surface area contributed by atoms with Gasteiger partial charge in [0.05, 0.1) is 10.6 Å². The fourth-order valence-corrected chi connectivity index (χ4v) is 1.36. The maximum absolute atomic E-state index is 10.6. The molecule has 12 heavy (non-hydrogen) atoms. The van der Waals surface area contributed by atoms with Crippen molar-refractivity contribution in [1.82, 2.24) is 5.73 Å². The fraction of sp³-hybridized carbons (Fsp3) is 0.143. The second-order valence-corrected chi connectivity index (χ2v) is 3.87. The first-order valence-corrected chi connectivity index (χ1v) is 4.65. The summed E-state index contributed by atoms with van der Waals surface area (Å²) in [6.07, 6.45) is 0. The maximum atomic E-state index is 10.6. The molecular formula is C7H8NO3S. The van der Waals surface area contributed by atoms with Gasteiger partial charge < -0.3 is 5.73 Å². The van der Waals surface area contributed by atoms with Crippen molar-refractivity contribution in [3.05, 3.63) is 23.8 Å². The number of nitrogens with one attached hydrogen (secondary N) is 1. The van der Waals surface area contributed by atoms with E-state index in [1.54, 1.807) is 6.92 Å². The van der Waals surface area contributed by atoms with Gasteiger partial charge in [-0.25, -0.2) is 0 Å². The predicted octanol–water partition coefficient (Wildman–Crippen LogP) is 1.16. The quantitative estimate of drug-likeness (QED) is 0.668. The lowest BCUT2D eigenvalue weighted by Crippen LogP contribution is -1.98. The van der Waals surface area contributed by atoms with Gasteiger partial charge in [0.2, 0.25) is 0 Å². The smallest absolute Gasteiger partial charge is 0.294 e. The van der Waals surface area contributed by atoms with Crippen LogP contribution in [0.1, 0.15) is 5.56 Å². The Kier molecular flexibility index (Phi) is 2.08. The van der Waals surface area contributed by atoms with Crippen LogP contribution in [0, 0.1) is 6.92 Å². The zero-order chi connectivity index (χ0) is 9.35. The molecule has 0 aliphatic rings. The molecular weight excluding hydrogens is 178 g/mol. The summed E-state index contributed by atoms with van der Waals surface area (Å²) in [7, 11) is -4.13. The van der Waals surface area contributed by atoms with Gasteiger partial charge in [-0.1, -0.05) is 0 Å². The van der Waals surface area contributed by atoms with Crippen LogP contribution in [0.25, 0.3) is 0 Å². The molecule has 0 unspecified atom stereocenters. The van der Waals surface area contributed by atoms with E-state index < -0.39 is 10.1 Å². The SMILES string of the molecule is Cc1cc(S(=O)(=O)O)ccc1[NH]. The van der Waals surface area contributed by atoms with E-state index in [1.165, 1.54) is 18.2 Å². The molecule has 1 radical (unpaired) electrons. The molecule has 0 atom stereocenters. The summed E-state index contributed by atoms with van der Waals surface area (Å²) in [6.45, 7) is 1.61. The molecule has 0 aliphatic carbocycles. The minimum Gasteiger partial charge on any atom is -0.301 e. The van der Waals surface area contributed by atoms with E-state index >= 15 is 0 Å². The molecule has 65 valence electrons. The molecule has 0 fully saturated rings. The molecule has 0 bridgehead atoms. The molecule has 0 amide bonds. The third-order valence-corrected chi connectivity index (χ3v) is 2.35. The summed E-state index contributed by atoms with van der Waals surface area (Å²) in [5.41, 5.74) is 8.02. The molecule has 0 aromatic heterocycles. The normalized spacial score (nSPS) is 11.5. The Bertz CT molecular complexity index is 397. The molecule has 1 rings (SSSR count). The Morgan fingerprint density at radius 2 is 2.00 bits per heavy atom. The summed E-state index contributed by atoms with van der Waals surface area (Å²) in [5.74, 6) is 0. The first-order chi connectivity index (χ1) is 5.41. The van der Waals surface area contributed by atoms with E-state index in [9.17, 15) is 8.42 Å². The van der Waals surface area contributed by atoms with Crippen molar-refractivity contribution >= 4 is 15.8 Å². The van der Waals surface area contributed by atoms with Crippen LogP contribution < -0.4 is 5.73 Å². The second-order valence-electron chi connectivity index (χ2n) is 2.45. The Morgan fingerprint density at radius 1 is 1.42 bits per heavy atom. The second kappa shape index (κ2) is 2.76. The van der Waals surface area contributed by atoms with Crippen molar-refractivity contribution in [3.63, 3.8) is 0 Å².